The third kappa shape index (κ3) is 6.75. The maximum absolute atomic E-state index is 7.22. The summed E-state index contributed by atoms with van der Waals surface area (Å²) in [5.74, 6) is 0.722. The first-order valence-electron chi connectivity index (χ1n) is 25.9. The van der Waals surface area contributed by atoms with Crippen LogP contribution in [0.5, 0.6) is 0 Å². The molecule has 0 bridgehead atoms. The van der Waals surface area contributed by atoms with E-state index in [-0.39, 0.29) is 0 Å². The van der Waals surface area contributed by atoms with Crippen LogP contribution in [0, 0.1) is 0 Å². The Kier molecular flexibility index (Phi) is 10.2. The number of rotatable bonds is 10. The zero-order valence-corrected chi connectivity index (χ0v) is 41.8. The summed E-state index contributed by atoms with van der Waals surface area (Å²) in [5.41, 5.74) is 16.9. The predicted molar refractivity (Wildman–Crippen MR) is 313 cm³/mol. The van der Waals surface area contributed by atoms with Gasteiger partial charge in [0.25, 0.3) is 0 Å². The van der Waals surface area contributed by atoms with Gasteiger partial charge in [0.1, 0.15) is 11.2 Å². The molecule has 0 radical (unpaired) electrons. The van der Waals surface area contributed by atoms with Crippen molar-refractivity contribution in [1.29, 1.82) is 0 Å². The summed E-state index contributed by atoms with van der Waals surface area (Å²) in [7, 11) is 0. The predicted octanol–water partition coefficient (Wildman–Crippen LogP) is 20.9. The van der Waals surface area contributed by atoms with Crippen LogP contribution in [0.15, 0.2) is 239 Å². The summed E-state index contributed by atoms with van der Waals surface area (Å²) in [6.45, 7) is 9.04. The normalized spacial score (nSPS) is 12.0. The average Bonchev–Trinajstić information content (AvgIpc) is 4.08. The minimum absolute atomic E-state index is 0.361. The van der Waals surface area contributed by atoms with E-state index in [4.69, 9.17) is 8.83 Å². The van der Waals surface area contributed by atoms with E-state index >= 15 is 0 Å². The van der Waals surface area contributed by atoms with Gasteiger partial charge in [0.05, 0.1) is 22.7 Å². The summed E-state index contributed by atoms with van der Waals surface area (Å²) < 4.78 is 14.4. The Labute approximate surface area is 430 Å². The molecule has 0 atom stereocenters. The zero-order chi connectivity index (χ0) is 49.6. The summed E-state index contributed by atoms with van der Waals surface area (Å²) in [6.07, 6.45) is 0. The minimum Gasteiger partial charge on any atom is -0.453 e. The highest BCUT2D eigenvalue weighted by atomic mass is 16.3. The zero-order valence-electron chi connectivity index (χ0n) is 41.8. The van der Waals surface area contributed by atoms with Gasteiger partial charge in [0.2, 0.25) is 0 Å². The van der Waals surface area contributed by atoms with Crippen LogP contribution in [0.4, 0.5) is 34.1 Å². The highest BCUT2D eigenvalue weighted by molar-refractivity contribution is 6.29. The molecule has 0 fully saturated rings. The second-order valence-corrected chi connectivity index (χ2v) is 20.3. The third-order valence-electron chi connectivity index (χ3n) is 15.4. The van der Waals surface area contributed by atoms with Crippen LogP contribution < -0.4 is 9.80 Å². The largest absolute Gasteiger partial charge is 0.453 e. The summed E-state index contributed by atoms with van der Waals surface area (Å²) in [5, 5.41) is 11.5. The van der Waals surface area contributed by atoms with Gasteiger partial charge in [0.15, 0.2) is 11.2 Å². The first kappa shape index (κ1) is 43.7. The van der Waals surface area contributed by atoms with Crippen LogP contribution in [0.3, 0.4) is 0 Å². The van der Waals surface area contributed by atoms with Crippen molar-refractivity contribution in [3.8, 4) is 22.3 Å². The first-order chi connectivity index (χ1) is 36.4. The summed E-state index contributed by atoms with van der Waals surface area (Å²) >= 11 is 0. The Balaban J connectivity index is 0.985. The smallest absolute Gasteiger partial charge is 0.159 e. The van der Waals surface area contributed by atoms with Crippen molar-refractivity contribution < 1.29 is 8.83 Å². The monoisotopic (exact) mass is 952 g/mol. The topological polar surface area (TPSA) is 32.8 Å². The Hall–Kier alpha value is -9.12. The number of benzene rings is 12. The molecule has 0 N–H and O–H groups in total. The molecule has 0 amide bonds. The van der Waals surface area contributed by atoms with Crippen molar-refractivity contribution in [2.24, 2.45) is 0 Å². The Morgan fingerprint density at radius 1 is 0.270 bits per heavy atom. The maximum atomic E-state index is 7.22. The van der Waals surface area contributed by atoms with Crippen LogP contribution in [0.25, 0.3) is 98.4 Å². The van der Waals surface area contributed by atoms with Crippen LogP contribution >= 0.6 is 0 Å². The molecule has 0 saturated carbocycles. The van der Waals surface area contributed by atoms with E-state index in [0.717, 1.165) is 99.9 Å². The molecule has 0 aliphatic heterocycles. The quantitative estimate of drug-likeness (QED) is 0.128. The lowest BCUT2D eigenvalue weighted by Gasteiger charge is -2.29. The average molecular weight is 953 g/mol. The van der Waals surface area contributed by atoms with Gasteiger partial charge in [-0.25, -0.2) is 0 Å². The number of hydrogen-bond donors (Lipinski definition) is 0. The van der Waals surface area contributed by atoms with Crippen molar-refractivity contribution in [2.75, 3.05) is 9.80 Å². The van der Waals surface area contributed by atoms with Gasteiger partial charge in [-0.15, -0.1) is 0 Å². The fourth-order valence-corrected chi connectivity index (χ4v) is 12.0. The van der Waals surface area contributed by atoms with Crippen LogP contribution in [0.1, 0.15) is 50.7 Å². The molecule has 0 saturated heterocycles. The highest BCUT2D eigenvalue weighted by Gasteiger charge is 2.27. The van der Waals surface area contributed by atoms with Gasteiger partial charge in [0, 0.05) is 54.8 Å². The lowest BCUT2D eigenvalue weighted by molar-refractivity contribution is 0.669. The maximum Gasteiger partial charge on any atom is 0.159 e. The molecule has 0 unspecified atom stereocenters. The lowest BCUT2D eigenvalue weighted by atomic mass is 9.91. The number of para-hydroxylation sites is 6. The third-order valence-corrected chi connectivity index (χ3v) is 15.4. The second kappa shape index (κ2) is 17.3. The molecule has 0 aliphatic rings. The van der Waals surface area contributed by atoms with Crippen molar-refractivity contribution in [2.45, 2.75) is 39.5 Å². The summed E-state index contributed by atoms with van der Waals surface area (Å²) in [6, 6.07) is 83.6. The van der Waals surface area contributed by atoms with Crippen LogP contribution in [-0.4, -0.2) is 0 Å². The fraction of sp³-hybridized carbons (Fsp3) is 0.0857. The van der Waals surface area contributed by atoms with Crippen molar-refractivity contribution in [3.05, 3.63) is 242 Å². The van der Waals surface area contributed by atoms with Gasteiger partial charge in [-0.05, 0) is 104 Å². The Bertz CT molecular complexity index is 4160. The van der Waals surface area contributed by atoms with E-state index in [1.54, 1.807) is 0 Å². The Morgan fingerprint density at radius 3 is 1.04 bits per heavy atom. The van der Waals surface area contributed by atoms with Gasteiger partial charge >= 0.3 is 0 Å². The van der Waals surface area contributed by atoms with Gasteiger partial charge < -0.3 is 18.6 Å². The van der Waals surface area contributed by atoms with Gasteiger partial charge in [-0.1, -0.05) is 210 Å². The number of anilines is 6. The van der Waals surface area contributed by atoms with E-state index < -0.39 is 0 Å². The number of nitrogens with zero attached hydrogens (tertiary/aromatic N) is 2. The van der Waals surface area contributed by atoms with E-state index in [0.29, 0.717) is 11.8 Å². The van der Waals surface area contributed by atoms with E-state index in [2.05, 4.69) is 268 Å². The second-order valence-electron chi connectivity index (χ2n) is 20.3. The Morgan fingerprint density at radius 2 is 0.622 bits per heavy atom. The first-order valence-corrected chi connectivity index (χ1v) is 25.9. The molecular weight excluding hydrogens is 901 g/mol. The van der Waals surface area contributed by atoms with Crippen molar-refractivity contribution in [1.82, 2.24) is 0 Å². The van der Waals surface area contributed by atoms with Crippen molar-refractivity contribution in [3.63, 3.8) is 0 Å². The molecule has 14 aromatic rings. The number of furan rings is 2. The number of fused-ring (bicyclic) bond motifs is 6. The molecule has 4 nitrogen and oxygen atoms in total. The SMILES string of the molecule is CC(C)c1ccccc1-c1cccc2c1oc1c(N(c3ccccc3)c3ccc4ccc5c(N(c6ccccc6)c6cccc7c6oc6c(-c8ccccc8C(C)C)cccc67)ccc6ccc3c4c65)cccc12. The standard InChI is InChI=1S/C70H52N2O2/c1-43(2)49-23-11-13-25-51(49)53-27-15-29-55-57-31-17-33-63(69(57)73-67(53)55)71(47-19-7-5-8-20-47)61-41-37-45-36-40-60-62(42-38-46-35-39-59(61)65(45)66(46)60)72(48-21-9-6-10-22-48)64-34-18-32-58-56-30-16-28-54(68(56)74-70(58)64)52-26-14-12-24-50(52)44(3)4/h5-44H,1-4H3. The molecule has 12 aromatic carbocycles. The molecule has 0 aliphatic carbocycles. The van der Waals surface area contributed by atoms with Crippen molar-refractivity contribution >= 4 is 110 Å². The molecule has 2 heterocycles. The molecule has 14 rings (SSSR count). The fourth-order valence-electron chi connectivity index (χ4n) is 12.0. The molecule has 0 spiro atoms. The highest BCUT2D eigenvalue weighted by Crippen LogP contribution is 2.51. The minimum atomic E-state index is 0.361. The molecule has 2 aromatic heterocycles. The van der Waals surface area contributed by atoms with E-state index in [9.17, 15) is 0 Å². The van der Waals surface area contributed by atoms with Crippen LogP contribution in [0.2, 0.25) is 0 Å². The molecule has 354 valence electrons. The van der Waals surface area contributed by atoms with E-state index in [1.807, 2.05) is 0 Å². The molecule has 4 heteroatoms. The molecule has 74 heavy (non-hydrogen) atoms. The van der Waals surface area contributed by atoms with E-state index in [1.165, 1.54) is 43.8 Å². The van der Waals surface area contributed by atoms with Crippen LogP contribution in [-0.2, 0) is 0 Å². The number of hydrogen-bond acceptors (Lipinski definition) is 4. The van der Waals surface area contributed by atoms with Gasteiger partial charge in [-0.3, -0.25) is 0 Å². The van der Waals surface area contributed by atoms with Gasteiger partial charge in [-0.2, -0.15) is 0 Å². The lowest BCUT2D eigenvalue weighted by Crippen LogP contribution is -2.11. The summed E-state index contributed by atoms with van der Waals surface area (Å²) in [4.78, 5) is 4.79. The molecular formula is C70H52N2O2.